The van der Waals surface area contributed by atoms with Gasteiger partial charge in [0.2, 0.25) is 0 Å². The van der Waals surface area contributed by atoms with Gasteiger partial charge >= 0.3 is 0 Å². The molecule has 0 aliphatic carbocycles. The normalized spacial score (nSPS) is 11.7. The van der Waals surface area contributed by atoms with Crippen LogP contribution in [0.4, 0.5) is 0 Å². The molecule has 0 amide bonds. The minimum atomic E-state index is 0.328. The number of thioether (sulfide) groups is 1. The Morgan fingerprint density at radius 3 is 2.38 bits per heavy atom. The molecule has 0 unspecified atom stereocenters. The van der Waals surface area contributed by atoms with Crippen LogP contribution in [-0.4, -0.2) is 24.2 Å². The molecule has 0 bridgehead atoms. The zero-order chi connectivity index (χ0) is 15.9. The second-order valence-electron chi connectivity index (χ2n) is 5.01. The molecule has 2 nitrogen and oxygen atoms in total. The van der Waals surface area contributed by atoms with Gasteiger partial charge in [-0.3, -0.25) is 0 Å². The lowest BCUT2D eigenvalue weighted by Gasteiger charge is -2.30. The summed E-state index contributed by atoms with van der Waals surface area (Å²) in [5, 5.41) is 3.61. The van der Waals surface area contributed by atoms with Crippen molar-refractivity contribution in [3.8, 4) is 5.75 Å². The first-order chi connectivity index (χ1) is 10.0. The maximum absolute atomic E-state index is 5.77. The Labute approximate surface area is 150 Å². The van der Waals surface area contributed by atoms with Crippen LogP contribution < -0.4 is 10.1 Å². The summed E-state index contributed by atoms with van der Waals surface area (Å²) in [7, 11) is 0. The van der Waals surface area contributed by atoms with Crippen LogP contribution in [0.25, 0.3) is 0 Å². The van der Waals surface area contributed by atoms with E-state index in [-0.39, 0.29) is 0 Å². The lowest BCUT2D eigenvalue weighted by molar-refractivity contribution is 0.333. The summed E-state index contributed by atoms with van der Waals surface area (Å²) in [6.07, 6.45) is 4.56. The van der Waals surface area contributed by atoms with Gasteiger partial charge in [0.05, 0.1) is 11.1 Å². The Kier molecular flexibility index (Phi) is 8.69. The van der Waals surface area contributed by atoms with Crippen molar-refractivity contribution < 1.29 is 4.74 Å². The Balaban J connectivity index is 2.79. The molecule has 0 saturated heterocycles. The van der Waals surface area contributed by atoms with Crippen LogP contribution in [0, 0.1) is 0 Å². The van der Waals surface area contributed by atoms with E-state index in [2.05, 4.69) is 63.3 Å². The average Bonchev–Trinajstić information content (AvgIpc) is 2.47. The molecule has 0 radical (unpaired) electrons. The molecule has 1 N–H and O–H groups in total. The van der Waals surface area contributed by atoms with Crippen molar-refractivity contribution in [2.45, 2.75) is 44.9 Å². The molecule has 0 spiro atoms. The van der Waals surface area contributed by atoms with Gasteiger partial charge in [0.1, 0.15) is 5.75 Å². The van der Waals surface area contributed by atoms with Crippen LogP contribution in [0.1, 0.15) is 39.2 Å². The molecule has 0 heterocycles. The number of nitrogens with one attached hydrogen (secondary N) is 1. The Morgan fingerprint density at radius 2 is 1.86 bits per heavy atom. The summed E-state index contributed by atoms with van der Waals surface area (Å²) >= 11 is 9.10. The van der Waals surface area contributed by atoms with Gasteiger partial charge in [0, 0.05) is 27.9 Å². The van der Waals surface area contributed by atoms with Gasteiger partial charge in [-0.1, -0.05) is 29.8 Å². The highest BCUT2D eigenvalue weighted by Gasteiger charge is 2.24. The third-order valence-electron chi connectivity index (χ3n) is 3.86. The second kappa shape index (κ2) is 9.43. The van der Waals surface area contributed by atoms with Crippen LogP contribution in [0.5, 0.6) is 5.75 Å². The van der Waals surface area contributed by atoms with E-state index < -0.39 is 0 Å². The van der Waals surface area contributed by atoms with Crippen LogP contribution >= 0.6 is 43.6 Å². The van der Waals surface area contributed by atoms with Crippen LogP contribution in [0.2, 0.25) is 0 Å². The van der Waals surface area contributed by atoms with Crippen LogP contribution in [0.3, 0.4) is 0 Å². The van der Waals surface area contributed by atoms with E-state index in [9.17, 15) is 0 Å². The quantitative estimate of drug-likeness (QED) is 0.540. The largest absolute Gasteiger partial charge is 0.492 e. The monoisotopic (exact) mass is 437 g/mol. The van der Waals surface area contributed by atoms with Gasteiger partial charge in [-0.05, 0) is 54.1 Å². The van der Waals surface area contributed by atoms with Gasteiger partial charge < -0.3 is 10.1 Å². The number of ether oxygens (including phenoxy) is 1. The highest BCUT2D eigenvalue weighted by molar-refractivity contribution is 9.11. The molecule has 21 heavy (non-hydrogen) atoms. The predicted molar refractivity (Wildman–Crippen MR) is 102 cm³/mol. The fraction of sp³-hybridized carbons (Fsp3) is 0.625. The van der Waals surface area contributed by atoms with Crippen molar-refractivity contribution in [1.29, 1.82) is 0 Å². The van der Waals surface area contributed by atoms with Crippen molar-refractivity contribution >= 4 is 43.6 Å². The number of hydrogen-bond acceptors (Lipinski definition) is 3. The summed E-state index contributed by atoms with van der Waals surface area (Å²) in [5.74, 6) is 0.941. The second-order valence-corrected chi connectivity index (χ2v) is 8.05. The SMILES string of the molecule is CCOc1c(Br)cc(Br)cc1CNCC(CC)(CC)SC. The van der Waals surface area contributed by atoms with E-state index in [1.165, 1.54) is 18.4 Å². The minimum absolute atomic E-state index is 0.328. The molecule has 1 rings (SSSR count). The van der Waals surface area contributed by atoms with E-state index in [1.54, 1.807) is 0 Å². The van der Waals surface area contributed by atoms with E-state index in [0.29, 0.717) is 11.4 Å². The number of benzene rings is 1. The highest BCUT2D eigenvalue weighted by atomic mass is 79.9. The molecule has 120 valence electrons. The van der Waals surface area contributed by atoms with Gasteiger partial charge in [0.15, 0.2) is 0 Å². The molecule has 1 aromatic rings. The van der Waals surface area contributed by atoms with Crippen LogP contribution in [-0.2, 0) is 6.54 Å². The topological polar surface area (TPSA) is 21.3 Å². The maximum Gasteiger partial charge on any atom is 0.138 e. The Hall–Kier alpha value is 0.290. The lowest BCUT2D eigenvalue weighted by Crippen LogP contribution is -2.36. The summed E-state index contributed by atoms with van der Waals surface area (Å²) in [6.45, 7) is 9.04. The lowest BCUT2D eigenvalue weighted by atomic mass is 10.0. The molecule has 0 saturated carbocycles. The van der Waals surface area contributed by atoms with Crippen molar-refractivity contribution in [3.05, 3.63) is 26.6 Å². The summed E-state index contributed by atoms with van der Waals surface area (Å²) in [6, 6.07) is 4.15. The zero-order valence-electron chi connectivity index (χ0n) is 13.3. The van der Waals surface area contributed by atoms with E-state index >= 15 is 0 Å². The molecule has 0 aliphatic rings. The van der Waals surface area contributed by atoms with E-state index in [4.69, 9.17) is 4.74 Å². The van der Waals surface area contributed by atoms with Gasteiger partial charge in [-0.25, -0.2) is 0 Å². The van der Waals surface area contributed by atoms with E-state index in [0.717, 1.165) is 27.8 Å². The van der Waals surface area contributed by atoms with E-state index in [1.807, 2.05) is 24.8 Å². The predicted octanol–water partition coefficient (Wildman–Crippen LogP) is 5.62. The Morgan fingerprint density at radius 1 is 1.19 bits per heavy atom. The zero-order valence-corrected chi connectivity index (χ0v) is 17.3. The Bertz CT molecular complexity index is 442. The van der Waals surface area contributed by atoms with Gasteiger partial charge in [-0.2, -0.15) is 11.8 Å². The standard InChI is InChI=1S/C16H25Br2NOS/c1-5-16(6-2,21-4)11-19-10-12-8-13(17)9-14(18)15(12)20-7-3/h8-9,19H,5-7,10-11H2,1-4H3. The minimum Gasteiger partial charge on any atom is -0.492 e. The molecular weight excluding hydrogens is 414 g/mol. The third kappa shape index (κ3) is 5.45. The number of rotatable bonds is 9. The molecule has 1 aromatic carbocycles. The fourth-order valence-corrected chi connectivity index (χ4v) is 4.59. The van der Waals surface area contributed by atoms with Crippen LogP contribution in [0.15, 0.2) is 21.1 Å². The van der Waals surface area contributed by atoms with Crippen molar-refractivity contribution in [3.63, 3.8) is 0 Å². The smallest absolute Gasteiger partial charge is 0.138 e. The van der Waals surface area contributed by atoms with Gasteiger partial charge in [0.25, 0.3) is 0 Å². The molecule has 5 heteroatoms. The average molecular weight is 439 g/mol. The fourth-order valence-electron chi connectivity index (χ4n) is 2.34. The third-order valence-corrected chi connectivity index (χ3v) is 6.49. The molecule has 0 aliphatic heterocycles. The highest BCUT2D eigenvalue weighted by Crippen LogP contribution is 2.34. The summed E-state index contributed by atoms with van der Waals surface area (Å²) < 4.78 is 8.16. The summed E-state index contributed by atoms with van der Waals surface area (Å²) in [4.78, 5) is 0. The van der Waals surface area contributed by atoms with Gasteiger partial charge in [-0.15, -0.1) is 0 Å². The molecule has 0 fully saturated rings. The van der Waals surface area contributed by atoms with Crippen molar-refractivity contribution in [2.75, 3.05) is 19.4 Å². The molecule has 0 aromatic heterocycles. The first-order valence-corrected chi connectivity index (χ1v) is 10.2. The first kappa shape index (κ1) is 19.3. The molecule has 0 atom stereocenters. The summed E-state index contributed by atoms with van der Waals surface area (Å²) in [5.41, 5.74) is 1.18. The molecular formula is C16H25Br2NOS. The van der Waals surface area contributed by atoms with Crippen molar-refractivity contribution in [1.82, 2.24) is 5.32 Å². The number of hydrogen-bond donors (Lipinski definition) is 1. The first-order valence-electron chi connectivity index (χ1n) is 7.38. The maximum atomic E-state index is 5.77. The number of halogens is 2. The van der Waals surface area contributed by atoms with Crippen molar-refractivity contribution in [2.24, 2.45) is 0 Å².